The van der Waals surface area contributed by atoms with E-state index >= 15 is 0 Å². The smallest absolute Gasteiger partial charge is 0.407 e. The molecule has 0 aliphatic rings. The average molecular weight is 442 g/mol. The second-order valence-electron chi connectivity index (χ2n) is 7.45. The summed E-state index contributed by atoms with van der Waals surface area (Å²) < 4.78 is 10.8. The van der Waals surface area contributed by atoms with E-state index < -0.39 is 12.1 Å². The number of ether oxygens (including phenoxy) is 1. The van der Waals surface area contributed by atoms with E-state index in [-0.39, 0.29) is 18.7 Å². The zero-order valence-electron chi connectivity index (χ0n) is 17.9. The quantitative estimate of drug-likeness (QED) is 0.395. The second-order valence-corrected chi connectivity index (χ2v) is 7.45. The first-order valence-electron chi connectivity index (χ1n) is 10.3. The Morgan fingerprint density at radius 2 is 1.67 bits per heavy atom. The third-order valence-electron chi connectivity index (χ3n) is 5.20. The summed E-state index contributed by atoms with van der Waals surface area (Å²) in [5.41, 5.74) is 5.04. The molecule has 7 nitrogen and oxygen atoms in total. The van der Waals surface area contributed by atoms with Crippen molar-refractivity contribution in [3.05, 3.63) is 101 Å². The van der Waals surface area contributed by atoms with Gasteiger partial charge < -0.3 is 19.7 Å². The van der Waals surface area contributed by atoms with Crippen LogP contribution in [0, 0.1) is 6.92 Å². The molecule has 3 aromatic carbocycles. The van der Waals surface area contributed by atoms with E-state index in [0.29, 0.717) is 11.5 Å². The van der Waals surface area contributed by atoms with Gasteiger partial charge in [0.1, 0.15) is 6.61 Å². The molecule has 1 amide bonds. The van der Waals surface area contributed by atoms with Crippen molar-refractivity contribution < 1.29 is 24.0 Å². The maximum Gasteiger partial charge on any atom is 0.407 e. The fraction of sp³-hybridized carbons (Fsp3) is 0.115. The number of carboxylic acid groups (broad SMARTS) is 1. The molecule has 2 N–H and O–H groups in total. The summed E-state index contributed by atoms with van der Waals surface area (Å²) in [5, 5.41) is 16.0. The highest BCUT2D eigenvalue weighted by Crippen LogP contribution is 2.29. The van der Waals surface area contributed by atoms with Crippen molar-refractivity contribution in [3.63, 3.8) is 0 Å². The summed E-state index contributed by atoms with van der Waals surface area (Å²) in [6, 6.07) is 23.7. The lowest BCUT2D eigenvalue weighted by atomic mass is 10.00. The number of aromatic nitrogens is 1. The molecule has 1 aromatic heterocycles. The summed E-state index contributed by atoms with van der Waals surface area (Å²) in [6.07, 6.45) is -0.529. The number of aromatic carboxylic acids is 1. The fourth-order valence-electron chi connectivity index (χ4n) is 3.40. The lowest BCUT2D eigenvalue weighted by Gasteiger charge is -2.08. The van der Waals surface area contributed by atoms with E-state index in [1.54, 1.807) is 18.2 Å². The Labute approximate surface area is 190 Å². The first-order valence-corrected chi connectivity index (χ1v) is 10.3. The highest BCUT2D eigenvalue weighted by atomic mass is 16.5. The molecule has 1 heterocycles. The number of carbonyl (C=O) groups is 2. The van der Waals surface area contributed by atoms with Crippen molar-refractivity contribution in [1.29, 1.82) is 0 Å². The Bertz CT molecular complexity index is 1260. The number of hydrogen-bond donors (Lipinski definition) is 2. The van der Waals surface area contributed by atoms with Crippen molar-refractivity contribution in [2.75, 3.05) is 0 Å². The fourth-order valence-corrected chi connectivity index (χ4v) is 3.40. The van der Waals surface area contributed by atoms with Gasteiger partial charge in [-0.05, 0) is 35.7 Å². The summed E-state index contributed by atoms with van der Waals surface area (Å²) >= 11 is 0. The highest BCUT2D eigenvalue weighted by Gasteiger charge is 2.16. The van der Waals surface area contributed by atoms with E-state index in [9.17, 15) is 14.7 Å². The Kier molecular flexibility index (Phi) is 6.50. The SMILES string of the molecule is Cc1noc(-c2ccc(-c3cccc(C(=O)O)c3)cc2)c1CNC(=O)OCc1ccccc1. The minimum absolute atomic E-state index is 0.187. The van der Waals surface area contributed by atoms with Crippen molar-refractivity contribution in [1.82, 2.24) is 10.5 Å². The number of nitrogens with zero attached hydrogens (tertiary/aromatic N) is 1. The number of alkyl carbamates (subject to hydrolysis) is 1. The van der Waals surface area contributed by atoms with Crippen LogP contribution in [-0.2, 0) is 17.9 Å². The first kappa shape index (κ1) is 21.8. The maximum atomic E-state index is 12.1. The van der Waals surface area contributed by atoms with E-state index in [1.807, 2.05) is 67.6 Å². The molecule has 166 valence electrons. The zero-order chi connectivity index (χ0) is 23.2. The predicted molar refractivity (Wildman–Crippen MR) is 123 cm³/mol. The molecule has 0 saturated carbocycles. The van der Waals surface area contributed by atoms with E-state index in [2.05, 4.69) is 10.5 Å². The molecule has 0 aliphatic heterocycles. The Morgan fingerprint density at radius 3 is 2.39 bits per heavy atom. The van der Waals surface area contributed by atoms with E-state index in [4.69, 9.17) is 9.26 Å². The van der Waals surface area contributed by atoms with Gasteiger partial charge in [-0.15, -0.1) is 0 Å². The zero-order valence-corrected chi connectivity index (χ0v) is 17.9. The standard InChI is InChI=1S/C26H22N2O5/c1-17-23(15-27-26(31)32-16-18-6-3-2-4-7-18)24(33-28-17)20-12-10-19(11-13-20)21-8-5-9-22(14-21)25(29)30/h2-14H,15-16H2,1H3,(H,27,31)(H,29,30). The molecule has 0 fully saturated rings. The molecule has 4 rings (SSSR count). The number of rotatable bonds is 7. The molecular weight excluding hydrogens is 420 g/mol. The molecule has 0 unspecified atom stereocenters. The monoisotopic (exact) mass is 442 g/mol. The largest absolute Gasteiger partial charge is 0.478 e. The van der Waals surface area contributed by atoms with E-state index in [1.165, 1.54) is 0 Å². The van der Waals surface area contributed by atoms with Crippen molar-refractivity contribution in [2.24, 2.45) is 0 Å². The molecule has 33 heavy (non-hydrogen) atoms. The van der Waals surface area contributed by atoms with Gasteiger partial charge in [-0.25, -0.2) is 9.59 Å². The maximum absolute atomic E-state index is 12.1. The van der Waals surface area contributed by atoms with Crippen LogP contribution >= 0.6 is 0 Å². The van der Waals surface area contributed by atoms with Gasteiger partial charge in [-0.2, -0.15) is 0 Å². The number of hydrogen-bond acceptors (Lipinski definition) is 5. The van der Waals surface area contributed by atoms with Gasteiger partial charge in [-0.1, -0.05) is 71.9 Å². The van der Waals surface area contributed by atoms with Crippen molar-refractivity contribution in [3.8, 4) is 22.5 Å². The van der Waals surface area contributed by atoms with Crippen LogP contribution in [0.25, 0.3) is 22.5 Å². The normalized spacial score (nSPS) is 10.6. The minimum Gasteiger partial charge on any atom is -0.478 e. The van der Waals surface area contributed by atoms with Crippen LogP contribution in [0.2, 0.25) is 0 Å². The predicted octanol–water partition coefficient (Wildman–Crippen LogP) is 5.44. The van der Waals surface area contributed by atoms with Gasteiger partial charge in [0.05, 0.1) is 17.8 Å². The number of carboxylic acids is 1. The van der Waals surface area contributed by atoms with Crippen LogP contribution in [-0.4, -0.2) is 22.3 Å². The number of nitrogens with one attached hydrogen (secondary N) is 1. The molecule has 0 bridgehead atoms. The third kappa shape index (κ3) is 5.27. The summed E-state index contributed by atoms with van der Waals surface area (Å²) in [4.78, 5) is 23.3. The van der Waals surface area contributed by atoms with Gasteiger partial charge in [-0.3, -0.25) is 0 Å². The first-order chi connectivity index (χ1) is 16.0. The van der Waals surface area contributed by atoms with Crippen LogP contribution in [0.1, 0.15) is 27.2 Å². The lowest BCUT2D eigenvalue weighted by Crippen LogP contribution is -2.24. The summed E-state index contributed by atoms with van der Waals surface area (Å²) in [6.45, 7) is 2.21. The summed E-state index contributed by atoms with van der Waals surface area (Å²) in [5.74, 6) is -0.410. The molecular formula is C26H22N2O5. The van der Waals surface area contributed by atoms with Crippen LogP contribution in [0.3, 0.4) is 0 Å². The number of carbonyl (C=O) groups excluding carboxylic acids is 1. The molecule has 0 radical (unpaired) electrons. The Morgan fingerprint density at radius 1 is 0.939 bits per heavy atom. The Hall–Kier alpha value is -4.39. The molecule has 0 saturated heterocycles. The number of amides is 1. The van der Waals surface area contributed by atoms with Crippen molar-refractivity contribution in [2.45, 2.75) is 20.1 Å². The molecule has 0 atom stereocenters. The van der Waals surface area contributed by atoms with Gasteiger partial charge in [0.25, 0.3) is 0 Å². The van der Waals surface area contributed by atoms with Gasteiger partial charge in [0.15, 0.2) is 5.76 Å². The third-order valence-corrected chi connectivity index (χ3v) is 5.20. The molecule has 0 aliphatic carbocycles. The molecule has 4 aromatic rings. The lowest BCUT2D eigenvalue weighted by molar-refractivity contribution is 0.0697. The van der Waals surface area contributed by atoms with Crippen molar-refractivity contribution >= 4 is 12.1 Å². The van der Waals surface area contributed by atoms with E-state index in [0.717, 1.165) is 27.8 Å². The number of aryl methyl sites for hydroxylation is 1. The van der Waals surface area contributed by atoms with Crippen LogP contribution in [0.4, 0.5) is 4.79 Å². The average Bonchev–Trinajstić information content (AvgIpc) is 3.22. The van der Waals surface area contributed by atoms with Crippen LogP contribution in [0.15, 0.2) is 83.4 Å². The van der Waals surface area contributed by atoms with Crippen LogP contribution < -0.4 is 5.32 Å². The topological polar surface area (TPSA) is 102 Å². The molecule has 7 heteroatoms. The highest BCUT2D eigenvalue weighted by molar-refractivity contribution is 5.89. The number of benzene rings is 3. The molecule has 0 spiro atoms. The van der Waals surface area contributed by atoms with Gasteiger partial charge >= 0.3 is 12.1 Å². The Balaban J connectivity index is 1.44. The van der Waals surface area contributed by atoms with Gasteiger partial charge in [0.2, 0.25) is 0 Å². The minimum atomic E-state index is -0.968. The van der Waals surface area contributed by atoms with Crippen LogP contribution in [0.5, 0.6) is 0 Å². The second kappa shape index (κ2) is 9.82. The summed E-state index contributed by atoms with van der Waals surface area (Å²) in [7, 11) is 0. The van der Waals surface area contributed by atoms with Gasteiger partial charge in [0, 0.05) is 11.1 Å².